The van der Waals surface area contributed by atoms with E-state index in [0.29, 0.717) is 23.6 Å². The molecule has 2 heterocycles. The minimum Gasteiger partial charge on any atom is -0.464 e. The highest BCUT2D eigenvalue weighted by Crippen LogP contribution is 2.51. The molecule has 6 rings (SSSR count). The number of likely N-dealkylation sites (N-methyl/N-ethyl adjacent to an activating group) is 1. The van der Waals surface area contributed by atoms with Crippen LogP contribution in [0.3, 0.4) is 0 Å². The molecule has 1 saturated heterocycles. The van der Waals surface area contributed by atoms with Crippen molar-refractivity contribution in [1.29, 1.82) is 0 Å². The van der Waals surface area contributed by atoms with Gasteiger partial charge in [-0.25, -0.2) is 13.5 Å². The molecular formula is C38H49FN7O5P. The van der Waals surface area contributed by atoms with Gasteiger partial charge in [-0.15, -0.1) is 0 Å². The van der Waals surface area contributed by atoms with Gasteiger partial charge in [0, 0.05) is 30.4 Å². The van der Waals surface area contributed by atoms with Crippen molar-refractivity contribution < 1.29 is 27.3 Å². The van der Waals surface area contributed by atoms with E-state index in [1.807, 2.05) is 60.7 Å². The molecule has 0 bridgehead atoms. The smallest absolute Gasteiger partial charge is 0.464 e. The summed E-state index contributed by atoms with van der Waals surface area (Å²) in [5.41, 5.74) is 1.99. The summed E-state index contributed by atoms with van der Waals surface area (Å²) >= 11 is 0. The summed E-state index contributed by atoms with van der Waals surface area (Å²) in [4.78, 5) is 16.4. The maximum absolute atomic E-state index is 15.3. The Labute approximate surface area is 305 Å². The van der Waals surface area contributed by atoms with Crippen LogP contribution in [-0.4, -0.2) is 58.4 Å². The summed E-state index contributed by atoms with van der Waals surface area (Å²) in [6, 6.07) is 23.6. The van der Waals surface area contributed by atoms with E-state index < -0.39 is 20.4 Å². The summed E-state index contributed by atoms with van der Waals surface area (Å²) in [5.74, 6) is 0.466. The molecule has 1 saturated carbocycles. The largest absolute Gasteiger partial charge is 0.478 e. The zero-order valence-electron chi connectivity index (χ0n) is 29.7. The number of phosphoric acid groups is 1. The van der Waals surface area contributed by atoms with E-state index in [4.69, 9.17) is 23.3 Å². The molecule has 2 fully saturated rings. The van der Waals surface area contributed by atoms with Gasteiger partial charge < -0.3 is 20.7 Å². The maximum Gasteiger partial charge on any atom is 0.478 e. The van der Waals surface area contributed by atoms with Crippen LogP contribution in [0.2, 0.25) is 0 Å². The molecule has 2 aliphatic rings. The van der Waals surface area contributed by atoms with Crippen molar-refractivity contribution in [1.82, 2.24) is 19.9 Å². The second kappa shape index (κ2) is 19.1. The Hall–Kier alpha value is -4.13. The number of nitrogens with one attached hydrogen (secondary N) is 3. The number of ether oxygens (including phenoxy) is 1. The number of rotatable bonds is 18. The number of anilines is 4. The first-order valence-electron chi connectivity index (χ1n) is 18.3. The SMILES string of the molecule is CCN1CCCC1CNc1nc(Nc2ccc(OCOP(=O)(OCc3ccccc3)OCc3ccccc3)c(F)c2)nc(NC2CCCCCC2)n1. The molecule has 278 valence electrons. The summed E-state index contributed by atoms with van der Waals surface area (Å²) < 4.78 is 51.2. The molecule has 0 radical (unpaired) electrons. The van der Waals surface area contributed by atoms with Gasteiger partial charge in [-0.2, -0.15) is 15.0 Å². The lowest BCUT2D eigenvalue weighted by Crippen LogP contribution is -2.35. The van der Waals surface area contributed by atoms with Crippen LogP contribution in [0.15, 0.2) is 78.9 Å². The maximum atomic E-state index is 15.3. The summed E-state index contributed by atoms with van der Waals surface area (Å²) in [7, 11) is -4.10. The number of halogens is 1. The number of phosphoric ester groups is 1. The van der Waals surface area contributed by atoms with Crippen LogP contribution >= 0.6 is 7.82 Å². The highest BCUT2D eigenvalue weighted by molar-refractivity contribution is 7.48. The molecule has 52 heavy (non-hydrogen) atoms. The minimum atomic E-state index is -4.10. The Balaban J connectivity index is 1.09. The Morgan fingerprint density at radius 3 is 2.10 bits per heavy atom. The van der Waals surface area contributed by atoms with Gasteiger partial charge in [0.1, 0.15) is 0 Å². The monoisotopic (exact) mass is 733 g/mol. The zero-order chi connectivity index (χ0) is 36.0. The summed E-state index contributed by atoms with van der Waals surface area (Å²) in [6.07, 6.45) is 9.26. The number of aromatic nitrogens is 3. The number of nitrogens with zero attached hydrogens (tertiary/aromatic N) is 4. The van der Waals surface area contributed by atoms with Crippen molar-refractivity contribution in [3.05, 3.63) is 95.8 Å². The Morgan fingerprint density at radius 2 is 1.44 bits per heavy atom. The number of benzene rings is 3. The van der Waals surface area contributed by atoms with Crippen LogP contribution in [0.5, 0.6) is 5.75 Å². The van der Waals surface area contributed by atoms with Crippen LogP contribution in [0.4, 0.5) is 27.9 Å². The van der Waals surface area contributed by atoms with Gasteiger partial charge in [0.25, 0.3) is 0 Å². The van der Waals surface area contributed by atoms with E-state index in [1.54, 1.807) is 6.07 Å². The van der Waals surface area contributed by atoms with Gasteiger partial charge in [0.15, 0.2) is 11.6 Å². The Morgan fingerprint density at radius 1 is 0.788 bits per heavy atom. The number of hydrogen-bond donors (Lipinski definition) is 3. The van der Waals surface area contributed by atoms with Crippen LogP contribution < -0.4 is 20.7 Å². The molecule has 3 aromatic carbocycles. The molecule has 14 heteroatoms. The van der Waals surface area contributed by atoms with E-state index in [1.165, 1.54) is 44.2 Å². The number of likely N-dealkylation sites (tertiary alicyclic amines) is 1. The lowest BCUT2D eigenvalue weighted by molar-refractivity contribution is 0.0426. The lowest BCUT2D eigenvalue weighted by Gasteiger charge is -2.23. The molecule has 0 amide bonds. The van der Waals surface area contributed by atoms with Crippen molar-refractivity contribution in [3.8, 4) is 5.75 Å². The zero-order valence-corrected chi connectivity index (χ0v) is 30.6. The van der Waals surface area contributed by atoms with E-state index in [0.717, 1.165) is 50.0 Å². The summed E-state index contributed by atoms with van der Waals surface area (Å²) in [6.45, 7) is 4.43. The van der Waals surface area contributed by atoms with E-state index in [-0.39, 0.29) is 31.0 Å². The predicted octanol–water partition coefficient (Wildman–Crippen LogP) is 8.68. The third-order valence-corrected chi connectivity index (χ3v) is 10.6. The van der Waals surface area contributed by atoms with Gasteiger partial charge in [-0.3, -0.25) is 13.9 Å². The third kappa shape index (κ3) is 11.4. The molecular weight excluding hydrogens is 684 g/mol. The molecule has 3 N–H and O–H groups in total. The van der Waals surface area contributed by atoms with Gasteiger partial charge in [0.05, 0.1) is 13.2 Å². The Bertz CT molecular complexity index is 1690. The lowest BCUT2D eigenvalue weighted by atomic mass is 10.1. The molecule has 1 aliphatic heterocycles. The van der Waals surface area contributed by atoms with E-state index >= 15 is 4.39 Å². The fourth-order valence-electron chi connectivity index (χ4n) is 6.48. The molecule has 1 aliphatic carbocycles. The second-order valence-corrected chi connectivity index (χ2v) is 14.7. The summed E-state index contributed by atoms with van der Waals surface area (Å²) in [5, 5.41) is 10.1. The predicted molar refractivity (Wildman–Crippen MR) is 200 cm³/mol. The van der Waals surface area contributed by atoms with Gasteiger partial charge in [0.2, 0.25) is 24.6 Å². The molecule has 12 nitrogen and oxygen atoms in total. The van der Waals surface area contributed by atoms with Crippen LogP contribution in [0.25, 0.3) is 0 Å². The molecule has 1 unspecified atom stereocenters. The van der Waals surface area contributed by atoms with E-state index in [9.17, 15) is 4.57 Å². The van der Waals surface area contributed by atoms with Crippen molar-refractivity contribution in [2.75, 3.05) is 42.4 Å². The second-order valence-electron chi connectivity index (χ2n) is 13.1. The van der Waals surface area contributed by atoms with Gasteiger partial charge in [-0.1, -0.05) is 93.3 Å². The minimum absolute atomic E-state index is 0.00833. The molecule has 4 aromatic rings. The third-order valence-electron chi connectivity index (χ3n) is 9.30. The van der Waals surface area contributed by atoms with Crippen LogP contribution in [0.1, 0.15) is 69.4 Å². The highest BCUT2D eigenvalue weighted by atomic mass is 31.2. The average Bonchev–Trinajstić information content (AvgIpc) is 3.48. The molecule has 0 spiro atoms. The fraction of sp³-hybridized carbons (Fsp3) is 0.447. The first kappa shape index (κ1) is 37.6. The number of hydrogen-bond acceptors (Lipinski definition) is 12. The highest BCUT2D eigenvalue weighted by Gasteiger charge is 2.28. The van der Waals surface area contributed by atoms with Crippen LogP contribution in [0, 0.1) is 5.82 Å². The quantitative estimate of drug-likeness (QED) is 0.0514. The standard InChI is InChI=1S/C38H49FN7O5P/c1-2-46-23-13-20-33(46)25-40-36-43-37(41-31-18-11-3-4-12-19-31)45-38(44-36)42-32-21-22-35(34(39)24-32)48-28-51-52(47,49-26-29-14-7-5-8-15-29)50-27-30-16-9-6-10-17-30/h5-10,14-17,21-22,24,31,33H,2-4,11-13,18-20,23,25-28H2,1H3,(H3,40,41,42,43,44,45). The van der Waals surface area contributed by atoms with Crippen molar-refractivity contribution in [3.63, 3.8) is 0 Å². The van der Waals surface area contributed by atoms with Crippen molar-refractivity contribution >= 4 is 31.4 Å². The van der Waals surface area contributed by atoms with E-state index in [2.05, 4.69) is 37.7 Å². The average molecular weight is 734 g/mol. The van der Waals surface area contributed by atoms with Gasteiger partial charge in [-0.05, 0) is 62.0 Å². The molecule has 1 atom stereocenters. The van der Waals surface area contributed by atoms with Crippen molar-refractivity contribution in [2.24, 2.45) is 0 Å². The van der Waals surface area contributed by atoms with Crippen LogP contribution in [-0.2, 0) is 31.4 Å². The van der Waals surface area contributed by atoms with Gasteiger partial charge >= 0.3 is 7.82 Å². The normalized spacial score (nSPS) is 17.1. The fourth-order valence-corrected chi connectivity index (χ4v) is 7.50. The first-order valence-corrected chi connectivity index (χ1v) is 19.7. The Kier molecular flexibility index (Phi) is 13.8. The molecule has 1 aromatic heterocycles. The topological polar surface area (TPSA) is 132 Å². The first-order chi connectivity index (χ1) is 25.4. The van der Waals surface area contributed by atoms with Crippen molar-refractivity contribution in [2.45, 2.75) is 83.6 Å².